The summed E-state index contributed by atoms with van der Waals surface area (Å²) in [6.07, 6.45) is 1.38. The molecule has 3 rings (SSSR count). The molecule has 2 aromatic heterocycles. The van der Waals surface area contributed by atoms with E-state index >= 15 is 0 Å². The number of benzene rings is 1. The molecule has 0 saturated heterocycles. The van der Waals surface area contributed by atoms with Crippen LogP contribution in [0.4, 0.5) is 0 Å². The van der Waals surface area contributed by atoms with Crippen LogP contribution < -0.4 is 16.3 Å². The van der Waals surface area contributed by atoms with Crippen molar-refractivity contribution in [2.45, 2.75) is 26.9 Å². The Morgan fingerprint density at radius 1 is 1.09 bits per heavy atom. The van der Waals surface area contributed by atoms with Crippen molar-refractivity contribution in [2.24, 2.45) is 0 Å². The molecule has 0 aliphatic carbocycles. The van der Waals surface area contributed by atoms with Crippen LogP contribution in [0.25, 0.3) is 10.9 Å². The van der Waals surface area contributed by atoms with Crippen molar-refractivity contribution >= 4 is 10.9 Å². The monoisotopic (exact) mass is 310 g/mol. The van der Waals surface area contributed by atoms with Gasteiger partial charge in [0, 0.05) is 36.3 Å². The Morgan fingerprint density at radius 2 is 1.87 bits per heavy atom. The van der Waals surface area contributed by atoms with Gasteiger partial charge >= 0.3 is 0 Å². The lowest BCUT2D eigenvalue weighted by molar-refractivity contribution is 0.666. The molecule has 6 heteroatoms. The molecule has 23 heavy (non-hydrogen) atoms. The first kappa shape index (κ1) is 15.2. The summed E-state index contributed by atoms with van der Waals surface area (Å²) in [5.74, 6) is 0. The molecule has 1 aromatic carbocycles. The lowest BCUT2D eigenvalue weighted by Gasteiger charge is -2.09. The molecule has 0 fully saturated rings. The molecule has 0 unspecified atom stereocenters. The summed E-state index contributed by atoms with van der Waals surface area (Å²) in [5, 5.41) is 3.93. The van der Waals surface area contributed by atoms with E-state index in [1.807, 2.05) is 26.0 Å². The molecule has 0 aliphatic heterocycles. The van der Waals surface area contributed by atoms with Gasteiger partial charge in [0.25, 0.3) is 5.56 Å². The Labute approximate surface area is 132 Å². The molecule has 0 saturated carbocycles. The summed E-state index contributed by atoms with van der Waals surface area (Å²) < 4.78 is 0. The standard InChI is InChI=1S/C17H18N4O2/c1-10-3-4-11(2)17-16(10)14(22)5-13(21-17)8-18-7-12-6-15(23)20-9-19-12/h3-6,9,18H,7-8H2,1-2H3,(H,21,22)(H,19,20,23). The van der Waals surface area contributed by atoms with Crippen molar-refractivity contribution in [1.29, 1.82) is 0 Å². The van der Waals surface area contributed by atoms with E-state index in [2.05, 4.69) is 20.3 Å². The molecule has 3 N–H and O–H groups in total. The van der Waals surface area contributed by atoms with Gasteiger partial charge in [0.05, 0.1) is 17.5 Å². The third kappa shape index (κ3) is 3.22. The highest BCUT2D eigenvalue weighted by atomic mass is 16.1. The Kier molecular flexibility index (Phi) is 4.08. The molecule has 0 spiro atoms. The first-order valence-electron chi connectivity index (χ1n) is 7.41. The quantitative estimate of drug-likeness (QED) is 0.681. The Bertz CT molecular complexity index is 972. The molecule has 118 valence electrons. The number of fused-ring (bicyclic) bond motifs is 1. The van der Waals surface area contributed by atoms with Crippen molar-refractivity contribution in [3.63, 3.8) is 0 Å². The van der Waals surface area contributed by atoms with E-state index in [0.29, 0.717) is 18.8 Å². The number of nitrogens with one attached hydrogen (secondary N) is 3. The van der Waals surface area contributed by atoms with Crippen LogP contribution in [0, 0.1) is 13.8 Å². The molecule has 0 bridgehead atoms. The maximum atomic E-state index is 12.3. The van der Waals surface area contributed by atoms with Gasteiger partial charge in [-0.1, -0.05) is 12.1 Å². The highest BCUT2D eigenvalue weighted by Crippen LogP contribution is 2.17. The fraction of sp³-hybridized carbons (Fsp3) is 0.235. The van der Waals surface area contributed by atoms with Crippen molar-refractivity contribution in [3.8, 4) is 0 Å². The summed E-state index contributed by atoms with van der Waals surface area (Å²) >= 11 is 0. The molecular weight excluding hydrogens is 292 g/mol. The third-order valence-corrected chi connectivity index (χ3v) is 3.82. The average molecular weight is 310 g/mol. The number of H-pyrrole nitrogens is 2. The number of aromatic nitrogens is 3. The van der Waals surface area contributed by atoms with Crippen LogP contribution in [0.3, 0.4) is 0 Å². The second kappa shape index (κ2) is 6.18. The van der Waals surface area contributed by atoms with Crippen molar-refractivity contribution < 1.29 is 0 Å². The van der Waals surface area contributed by atoms with E-state index in [1.165, 1.54) is 12.4 Å². The van der Waals surface area contributed by atoms with Gasteiger partial charge in [-0.3, -0.25) is 9.59 Å². The predicted octanol–water partition coefficient (Wildman–Crippen LogP) is 1.52. The highest BCUT2D eigenvalue weighted by Gasteiger charge is 2.07. The summed E-state index contributed by atoms with van der Waals surface area (Å²) in [6.45, 7) is 4.87. The molecule has 0 radical (unpaired) electrons. The fourth-order valence-electron chi connectivity index (χ4n) is 2.64. The largest absolute Gasteiger partial charge is 0.357 e. The maximum absolute atomic E-state index is 12.3. The molecule has 2 heterocycles. The Balaban J connectivity index is 1.82. The normalized spacial score (nSPS) is 11.0. The lowest BCUT2D eigenvalue weighted by atomic mass is 10.0. The van der Waals surface area contributed by atoms with E-state index in [1.54, 1.807) is 6.07 Å². The van der Waals surface area contributed by atoms with E-state index in [-0.39, 0.29) is 11.0 Å². The number of aryl methyl sites for hydroxylation is 2. The van der Waals surface area contributed by atoms with Crippen LogP contribution in [0.2, 0.25) is 0 Å². The summed E-state index contributed by atoms with van der Waals surface area (Å²) in [7, 11) is 0. The summed E-state index contributed by atoms with van der Waals surface area (Å²) in [4.78, 5) is 33.4. The number of rotatable bonds is 4. The van der Waals surface area contributed by atoms with Gasteiger partial charge in [-0.2, -0.15) is 0 Å². The Hall–Kier alpha value is -2.73. The SMILES string of the molecule is Cc1ccc(C)c2c(=O)cc(CNCc3cc(=O)[nH]cn3)[nH]c12. The lowest BCUT2D eigenvalue weighted by Crippen LogP contribution is -2.18. The van der Waals surface area contributed by atoms with Gasteiger partial charge < -0.3 is 15.3 Å². The number of aromatic amines is 2. The average Bonchev–Trinajstić information content (AvgIpc) is 2.51. The van der Waals surface area contributed by atoms with Crippen molar-refractivity contribution in [1.82, 2.24) is 20.3 Å². The zero-order valence-electron chi connectivity index (χ0n) is 13.1. The van der Waals surface area contributed by atoms with Gasteiger partial charge in [0.1, 0.15) is 0 Å². The first-order chi connectivity index (χ1) is 11.0. The zero-order chi connectivity index (χ0) is 16.4. The van der Waals surface area contributed by atoms with Crippen LogP contribution >= 0.6 is 0 Å². The number of hydrogen-bond acceptors (Lipinski definition) is 4. The van der Waals surface area contributed by atoms with Crippen LogP contribution in [-0.4, -0.2) is 15.0 Å². The minimum absolute atomic E-state index is 0.0195. The molecular formula is C17H18N4O2. The van der Waals surface area contributed by atoms with Crippen LogP contribution in [-0.2, 0) is 13.1 Å². The van der Waals surface area contributed by atoms with Gasteiger partial charge in [0.15, 0.2) is 5.43 Å². The maximum Gasteiger partial charge on any atom is 0.250 e. The zero-order valence-corrected chi connectivity index (χ0v) is 13.1. The minimum Gasteiger partial charge on any atom is -0.357 e. The van der Waals surface area contributed by atoms with Crippen molar-refractivity contribution in [3.05, 3.63) is 73.7 Å². The molecule has 0 atom stereocenters. The van der Waals surface area contributed by atoms with Crippen molar-refractivity contribution in [2.75, 3.05) is 0 Å². The van der Waals surface area contributed by atoms with E-state index < -0.39 is 0 Å². The number of pyridine rings is 1. The predicted molar refractivity (Wildman–Crippen MR) is 89.4 cm³/mol. The van der Waals surface area contributed by atoms with Crippen LogP contribution in [0.1, 0.15) is 22.5 Å². The van der Waals surface area contributed by atoms with Gasteiger partial charge in [-0.05, 0) is 25.0 Å². The van der Waals surface area contributed by atoms with Gasteiger partial charge in [0.2, 0.25) is 0 Å². The summed E-state index contributed by atoms with van der Waals surface area (Å²) in [6, 6.07) is 7.03. The first-order valence-corrected chi connectivity index (χ1v) is 7.41. The second-order valence-electron chi connectivity index (χ2n) is 5.61. The smallest absolute Gasteiger partial charge is 0.250 e. The van der Waals surface area contributed by atoms with E-state index in [4.69, 9.17) is 0 Å². The second-order valence-corrected chi connectivity index (χ2v) is 5.61. The molecule has 0 aliphatic rings. The van der Waals surface area contributed by atoms with E-state index in [9.17, 15) is 9.59 Å². The molecule has 0 amide bonds. The van der Waals surface area contributed by atoms with E-state index in [0.717, 1.165) is 27.7 Å². The summed E-state index contributed by atoms with van der Waals surface area (Å²) in [5.41, 5.74) is 4.20. The van der Waals surface area contributed by atoms with Gasteiger partial charge in [-0.15, -0.1) is 0 Å². The van der Waals surface area contributed by atoms with Crippen LogP contribution in [0.15, 0.2) is 40.2 Å². The fourth-order valence-corrected chi connectivity index (χ4v) is 2.64. The highest BCUT2D eigenvalue weighted by molar-refractivity contribution is 5.84. The molecule has 3 aromatic rings. The molecule has 6 nitrogen and oxygen atoms in total. The Morgan fingerprint density at radius 3 is 2.65 bits per heavy atom. The topological polar surface area (TPSA) is 90.6 Å². The van der Waals surface area contributed by atoms with Gasteiger partial charge in [-0.25, -0.2) is 4.98 Å². The van der Waals surface area contributed by atoms with Crippen LogP contribution in [0.5, 0.6) is 0 Å². The minimum atomic E-state index is -0.179. The number of hydrogen-bond donors (Lipinski definition) is 3. The number of nitrogens with zero attached hydrogens (tertiary/aromatic N) is 1. The third-order valence-electron chi connectivity index (χ3n) is 3.82.